The van der Waals surface area contributed by atoms with E-state index >= 15 is 0 Å². The largest absolute Gasteiger partial charge is 0.496 e. The lowest BCUT2D eigenvalue weighted by Crippen LogP contribution is -2.43. The summed E-state index contributed by atoms with van der Waals surface area (Å²) in [5.41, 5.74) is 6.22. The molecule has 0 aliphatic rings. The molecule has 0 fully saturated rings. The van der Waals surface area contributed by atoms with Gasteiger partial charge < -0.3 is 9.47 Å². The third-order valence-corrected chi connectivity index (χ3v) is 4.47. The summed E-state index contributed by atoms with van der Waals surface area (Å²) in [6.07, 6.45) is 2.90. The molecule has 2 amide bonds. The van der Waals surface area contributed by atoms with Crippen molar-refractivity contribution in [1.29, 1.82) is 0 Å². The summed E-state index contributed by atoms with van der Waals surface area (Å²) in [5.74, 6) is 0.253. The average molecular weight is 498 g/mol. The van der Waals surface area contributed by atoms with Gasteiger partial charge in [-0.3, -0.25) is 20.4 Å². The minimum Gasteiger partial charge on any atom is -0.496 e. The zero-order chi connectivity index (χ0) is 19.8. The normalized spacial score (nSPS) is 10.5. The number of benzene rings is 2. The van der Waals surface area contributed by atoms with Gasteiger partial charge in [0.15, 0.2) is 6.61 Å². The number of hydrogen-bond donors (Lipinski definition) is 2. The fraction of sp³-hybridized carbons (Fsp3) is 0.158. The molecular weight excluding hydrogens is 480 g/mol. The van der Waals surface area contributed by atoms with Crippen LogP contribution in [0.25, 0.3) is 6.08 Å². The smallest absolute Gasteiger partial charge is 0.276 e. The summed E-state index contributed by atoms with van der Waals surface area (Å²) in [4.78, 5) is 23.7. The van der Waals surface area contributed by atoms with Crippen LogP contribution in [0.2, 0.25) is 0 Å². The first-order chi connectivity index (χ1) is 12.9. The maximum Gasteiger partial charge on any atom is 0.276 e. The fourth-order valence-electron chi connectivity index (χ4n) is 2.19. The molecule has 0 heterocycles. The number of para-hydroxylation sites is 1. The number of nitrogens with one attached hydrogen (secondary N) is 2. The van der Waals surface area contributed by atoms with Gasteiger partial charge in [-0.05, 0) is 52.7 Å². The predicted octanol–water partition coefficient (Wildman–Crippen LogP) is 3.77. The Bertz CT molecular complexity index is 846. The summed E-state index contributed by atoms with van der Waals surface area (Å²) in [5, 5.41) is 0. The summed E-state index contributed by atoms with van der Waals surface area (Å²) in [7, 11) is 1.55. The molecule has 6 nitrogen and oxygen atoms in total. The van der Waals surface area contributed by atoms with Crippen molar-refractivity contribution < 1.29 is 19.1 Å². The third kappa shape index (κ3) is 6.41. The zero-order valence-corrected chi connectivity index (χ0v) is 17.9. The van der Waals surface area contributed by atoms with Crippen LogP contribution in [0.4, 0.5) is 0 Å². The van der Waals surface area contributed by atoms with E-state index in [2.05, 4.69) is 42.7 Å². The van der Waals surface area contributed by atoms with Crippen molar-refractivity contribution in [2.45, 2.75) is 6.92 Å². The Balaban J connectivity index is 1.83. The van der Waals surface area contributed by atoms with E-state index in [0.717, 1.165) is 20.1 Å². The van der Waals surface area contributed by atoms with Crippen molar-refractivity contribution in [3.8, 4) is 11.5 Å². The Labute approximate surface area is 174 Å². The van der Waals surface area contributed by atoms with Gasteiger partial charge in [0, 0.05) is 16.1 Å². The van der Waals surface area contributed by atoms with Crippen LogP contribution in [0.15, 0.2) is 51.4 Å². The number of ether oxygens (including phenoxy) is 2. The minimum absolute atomic E-state index is 0.239. The summed E-state index contributed by atoms with van der Waals surface area (Å²) in [6, 6.07) is 11.0. The van der Waals surface area contributed by atoms with Crippen LogP contribution in [0.1, 0.15) is 11.1 Å². The lowest BCUT2D eigenvalue weighted by atomic mass is 10.2. The standard InChI is InChI=1S/C19H18Br2N2O4/c1-12-9-14(20)10-15(21)19(12)27-11-18(25)23-22-17(24)8-7-13-5-3-4-6-16(13)26-2/h3-10H,11H2,1-2H3,(H,22,24)(H,23,25)/b8-7+. The number of hydrazine groups is 1. The number of aryl methyl sites for hydroxylation is 1. The van der Waals surface area contributed by atoms with E-state index in [4.69, 9.17) is 9.47 Å². The highest BCUT2D eigenvalue weighted by atomic mass is 79.9. The molecule has 0 saturated heterocycles. The number of hydrogen-bond acceptors (Lipinski definition) is 4. The molecule has 2 N–H and O–H groups in total. The number of carbonyl (C=O) groups excluding carboxylic acids is 2. The average Bonchev–Trinajstić information content (AvgIpc) is 2.64. The van der Waals surface area contributed by atoms with Crippen molar-refractivity contribution in [1.82, 2.24) is 10.9 Å². The van der Waals surface area contributed by atoms with E-state index in [-0.39, 0.29) is 6.61 Å². The SMILES string of the molecule is COc1ccccc1/C=C/C(=O)NNC(=O)COc1c(C)cc(Br)cc1Br. The van der Waals surface area contributed by atoms with Gasteiger partial charge in [-0.25, -0.2) is 0 Å². The first-order valence-corrected chi connectivity index (χ1v) is 9.47. The van der Waals surface area contributed by atoms with Crippen LogP contribution >= 0.6 is 31.9 Å². The van der Waals surface area contributed by atoms with Gasteiger partial charge in [-0.2, -0.15) is 0 Å². The maximum absolute atomic E-state index is 11.9. The van der Waals surface area contributed by atoms with Gasteiger partial charge in [-0.15, -0.1) is 0 Å². The Hall–Kier alpha value is -2.32. The molecule has 0 bridgehead atoms. The maximum atomic E-state index is 11.9. The number of halogens is 2. The van der Waals surface area contributed by atoms with Crippen LogP contribution in [-0.4, -0.2) is 25.5 Å². The van der Waals surface area contributed by atoms with Gasteiger partial charge in [0.1, 0.15) is 11.5 Å². The van der Waals surface area contributed by atoms with Crippen LogP contribution in [0, 0.1) is 6.92 Å². The Morgan fingerprint density at radius 2 is 1.89 bits per heavy atom. The van der Waals surface area contributed by atoms with Crippen LogP contribution in [-0.2, 0) is 9.59 Å². The summed E-state index contributed by atoms with van der Waals surface area (Å²) >= 11 is 6.77. The van der Waals surface area contributed by atoms with E-state index in [1.54, 1.807) is 19.3 Å². The van der Waals surface area contributed by atoms with Gasteiger partial charge >= 0.3 is 0 Å². The number of methoxy groups -OCH3 is 1. The first kappa shape index (κ1) is 21.0. The molecular formula is C19H18Br2N2O4. The number of rotatable bonds is 6. The van der Waals surface area contributed by atoms with Crippen LogP contribution < -0.4 is 20.3 Å². The highest BCUT2D eigenvalue weighted by Crippen LogP contribution is 2.32. The fourth-order valence-corrected chi connectivity index (χ4v) is 3.74. The second-order valence-corrected chi connectivity index (χ2v) is 7.21. The Morgan fingerprint density at radius 1 is 1.15 bits per heavy atom. The summed E-state index contributed by atoms with van der Waals surface area (Å²) < 4.78 is 12.3. The topological polar surface area (TPSA) is 76.7 Å². The van der Waals surface area contributed by atoms with Gasteiger partial charge in [0.2, 0.25) is 0 Å². The first-order valence-electron chi connectivity index (χ1n) is 7.89. The second kappa shape index (κ2) is 10.1. The van der Waals surface area contributed by atoms with Crippen molar-refractivity contribution in [3.05, 3.63) is 62.5 Å². The van der Waals surface area contributed by atoms with Crippen LogP contribution in [0.3, 0.4) is 0 Å². The molecule has 8 heteroatoms. The molecule has 0 atom stereocenters. The Morgan fingerprint density at radius 3 is 2.59 bits per heavy atom. The van der Waals surface area contributed by atoms with Crippen molar-refractivity contribution >= 4 is 49.8 Å². The minimum atomic E-state index is -0.483. The molecule has 142 valence electrons. The van der Waals surface area contributed by atoms with E-state index in [1.165, 1.54) is 6.08 Å². The lowest BCUT2D eigenvalue weighted by molar-refractivity contribution is -0.128. The van der Waals surface area contributed by atoms with E-state index < -0.39 is 11.8 Å². The number of carbonyl (C=O) groups is 2. The van der Waals surface area contributed by atoms with Gasteiger partial charge in [-0.1, -0.05) is 34.1 Å². The molecule has 0 aromatic heterocycles. The lowest BCUT2D eigenvalue weighted by Gasteiger charge is -2.12. The summed E-state index contributed by atoms with van der Waals surface area (Å²) in [6.45, 7) is 1.63. The molecule has 0 aliphatic heterocycles. The molecule has 2 aromatic rings. The zero-order valence-electron chi connectivity index (χ0n) is 14.7. The van der Waals surface area contributed by atoms with Gasteiger partial charge in [0.25, 0.3) is 11.8 Å². The van der Waals surface area contributed by atoms with Gasteiger partial charge in [0.05, 0.1) is 11.6 Å². The van der Waals surface area contributed by atoms with Crippen molar-refractivity contribution in [3.63, 3.8) is 0 Å². The molecule has 0 radical (unpaired) electrons. The number of amides is 2. The molecule has 0 unspecified atom stereocenters. The third-order valence-electron chi connectivity index (χ3n) is 3.42. The van der Waals surface area contributed by atoms with E-state index in [9.17, 15) is 9.59 Å². The monoisotopic (exact) mass is 496 g/mol. The quantitative estimate of drug-likeness (QED) is 0.470. The van der Waals surface area contributed by atoms with Crippen molar-refractivity contribution in [2.24, 2.45) is 0 Å². The highest BCUT2D eigenvalue weighted by Gasteiger charge is 2.10. The highest BCUT2D eigenvalue weighted by molar-refractivity contribution is 9.11. The second-order valence-electron chi connectivity index (χ2n) is 5.44. The Kier molecular flexibility index (Phi) is 7.87. The predicted molar refractivity (Wildman–Crippen MR) is 110 cm³/mol. The molecule has 27 heavy (non-hydrogen) atoms. The molecule has 0 saturated carbocycles. The molecule has 2 rings (SSSR count). The van der Waals surface area contributed by atoms with Crippen molar-refractivity contribution in [2.75, 3.05) is 13.7 Å². The van der Waals surface area contributed by atoms with Crippen LogP contribution in [0.5, 0.6) is 11.5 Å². The molecule has 0 aliphatic carbocycles. The molecule has 2 aromatic carbocycles. The van der Waals surface area contributed by atoms with E-state index in [1.807, 2.05) is 37.3 Å². The molecule has 0 spiro atoms. The van der Waals surface area contributed by atoms with E-state index in [0.29, 0.717) is 11.5 Å².